The molecule has 0 atom stereocenters. The van der Waals surface area contributed by atoms with Crippen LogP contribution in [0.15, 0.2) is 35.5 Å². The van der Waals surface area contributed by atoms with Gasteiger partial charge in [0, 0.05) is 37.3 Å². The van der Waals surface area contributed by atoms with E-state index in [1.807, 2.05) is 0 Å². The van der Waals surface area contributed by atoms with Crippen LogP contribution in [0, 0.1) is 5.82 Å². The Balaban J connectivity index is 1.89. The number of aromatic nitrogens is 1. The Labute approximate surface area is 146 Å². The standard InChI is InChI=1S/C15H14BrClFN3S/c1-3-9(2)20-4-6-21(7-5-20)15-10-8-11(17)12(16)13(18)14(10)19-22-15/h3,8H,1-2,4-7H2. The van der Waals surface area contributed by atoms with Gasteiger partial charge < -0.3 is 9.80 Å². The van der Waals surface area contributed by atoms with E-state index in [4.69, 9.17) is 11.6 Å². The molecule has 0 unspecified atom stereocenters. The van der Waals surface area contributed by atoms with Crippen molar-refractivity contribution in [2.24, 2.45) is 0 Å². The van der Waals surface area contributed by atoms with Crippen LogP contribution in [-0.2, 0) is 0 Å². The molecule has 0 spiro atoms. The van der Waals surface area contributed by atoms with Crippen molar-refractivity contribution in [2.45, 2.75) is 0 Å². The zero-order valence-corrected chi connectivity index (χ0v) is 14.9. The van der Waals surface area contributed by atoms with Crippen molar-refractivity contribution in [2.75, 3.05) is 31.1 Å². The zero-order chi connectivity index (χ0) is 15.9. The van der Waals surface area contributed by atoms with Crippen molar-refractivity contribution >= 4 is 55.0 Å². The summed E-state index contributed by atoms with van der Waals surface area (Å²) in [5.74, 6) is -0.399. The molecule has 0 N–H and O–H groups in total. The molecule has 2 heterocycles. The number of rotatable bonds is 3. The first-order valence-corrected chi connectivity index (χ1v) is 8.71. The van der Waals surface area contributed by atoms with Crippen LogP contribution >= 0.6 is 39.1 Å². The van der Waals surface area contributed by atoms with Crippen molar-refractivity contribution in [3.05, 3.63) is 46.3 Å². The second-order valence-corrected chi connectivity index (χ2v) is 6.99. The summed E-state index contributed by atoms with van der Waals surface area (Å²) in [5, 5.41) is 2.10. The maximum absolute atomic E-state index is 14.2. The van der Waals surface area contributed by atoms with E-state index in [0.717, 1.165) is 42.3 Å². The smallest absolute Gasteiger partial charge is 0.166 e. The molecular weight excluding hydrogens is 389 g/mol. The molecule has 1 aromatic carbocycles. The van der Waals surface area contributed by atoms with Crippen molar-refractivity contribution in [1.29, 1.82) is 0 Å². The number of allylic oxidation sites excluding steroid dienone is 1. The summed E-state index contributed by atoms with van der Waals surface area (Å²) in [4.78, 5) is 4.41. The van der Waals surface area contributed by atoms with Crippen molar-refractivity contribution in [3.63, 3.8) is 0 Å². The number of piperazine rings is 1. The highest BCUT2D eigenvalue weighted by molar-refractivity contribution is 9.10. The molecule has 1 aliphatic heterocycles. The van der Waals surface area contributed by atoms with Gasteiger partial charge in [0.25, 0.3) is 0 Å². The largest absolute Gasteiger partial charge is 0.368 e. The van der Waals surface area contributed by atoms with Crippen LogP contribution in [0.25, 0.3) is 10.9 Å². The molecule has 2 aromatic rings. The van der Waals surface area contributed by atoms with E-state index >= 15 is 0 Å². The highest BCUT2D eigenvalue weighted by Crippen LogP contribution is 2.39. The van der Waals surface area contributed by atoms with Crippen molar-refractivity contribution in [3.8, 4) is 0 Å². The van der Waals surface area contributed by atoms with Crippen LogP contribution in [0.1, 0.15) is 0 Å². The molecule has 0 amide bonds. The van der Waals surface area contributed by atoms with Gasteiger partial charge in [-0.15, -0.1) is 0 Å². The average molecular weight is 403 g/mol. The van der Waals surface area contributed by atoms with E-state index in [1.54, 1.807) is 12.1 Å². The Hall–Kier alpha value is -1.11. The predicted octanol–water partition coefficient (Wildman–Crippen LogP) is 4.67. The molecule has 3 rings (SSSR count). The lowest BCUT2D eigenvalue weighted by Crippen LogP contribution is -2.45. The molecule has 1 aliphatic rings. The van der Waals surface area contributed by atoms with Gasteiger partial charge in [0.05, 0.1) is 9.50 Å². The molecule has 0 bridgehead atoms. The van der Waals surface area contributed by atoms with E-state index in [1.165, 1.54) is 11.5 Å². The zero-order valence-electron chi connectivity index (χ0n) is 11.8. The minimum atomic E-state index is -0.399. The number of benzene rings is 1. The predicted molar refractivity (Wildman–Crippen MR) is 95.4 cm³/mol. The van der Waals surface area contributed by atoms with Gasteiger partial charge in [-0.05, 0) is 39.6 Å². The molecule has 22 heavy (non-hydrogen) atoms. The second-order valence-electron chi connectivity index (χ2n) is 5.04. The van der Waals surface area contributed by atoms with Crippen LogP contribution in [0.3, 0.4) is 0 Å². The first kappa shape index (κ1) is 15.8. The van der Waals surface area contributed by atoms with Gasteiger partial charge in [-0.3, -0.25) is 0 Å². The van der Waals surface area contributed by atoms with E-state index in [-0.39, 0.29) is 4.47 Å². The van der Waals surface area contributed by atoms with E-state index in [0.29, 0.717) is 10.5 Å². The Kier molecular flexibility index (Phi) is 4.43. The number of hydrogen-bond acceptors (Lipinski definition) is 4. The van der Waals surface area contributed by atoms with E-state index in [9.17, 15) is 4.39 Å². The SMILES string of the molecule is C=CC(=C)N1CCN(c2snc3c(F)c(Br)c(Cl)cc23)CC1. The van der Waals surface area contributed by atoms with Gasteiger partial charge in [0.1, 0.15) is 10.5 Å². The molecule has 0 aliphatic carbocycles. The molecule has 1 fully saturated rings. The summed E-state index contributed by atoms with van der Waals surface area (Å²) < 4.78 is 18.7. The summed E-state index contributed by atoms with van der Waals surface area (Å²) in [7, 11) is 0. The van der Waals surface area contributed by atoms with Crippen LogP contribution in [-0.4, -0.2) is 35.5 Å². The third-order valence-electron chi connectivity index (χ3n) is 3.80. The van der Waals surface area contributed by atoms with Crippen LogP contribution in [0.2, 0.25) is 5.02 Å². The fraction of sp³-hybridized carbons (Fsp3) is 0.267. The van der Waals surface area contributed by atoms with Gasteiger partial charge in [0.15, 0.2) is 5.82 Å². The first-order valence-electron chi connectivity index (χ1n) is 6.77. The van der Waals surface area contributed by atoms with Gasteiger partial charge >= 0.3 is 0 Å². The number of fused-ring (bicyclic) bond motifs is 1. The fourth-order valence-corrected chi connectivity index (χ4v) is 3.93. The van der Waals surface area contributed by atoms with Crippen molar-refractivity contribution < 1.29 is 4.39 Å². The summed E-state index contributed by atoms with van der Waals surface area (Å²) >= 11 is 10.6. The second kappa shape index (κ2) is 6.18. The van der Waals surface area contributed by atoms with Gasteiger partial charge in [-0.25, -0.2) is 4.39 Å². The number of hydrogen-bond donors (Lipinski definition) is 0. The molecule has 0 saturated carbocycles. The molecule has 1 aromatic heterocycles. The summed E-state index contributed by atoms with van der Waals surface area (Å²) in [6, 6.07) is 1.78. The lowest BCUT2D eigenvalue weighted by Gasteiger charge is -2.36. The Morgan fingerprint density at radius 2 is 2.09 bits per heavy atom. The first-order chi connectivity index (χ1) is 10.5. The number of anilines is 1. The minimum Gasteiger partial charge on any atom is -0.368 e. The van der Waals surface area contributed by atoms with Crippen molar-refractivity contribution in [1.82, 2.24) is 9.27 Å². The Morgan fingerprint density at radius 3 is 2.73 bits per heavy atom. The Morgan fingerprint density at radius 1 is 1.41 bits per heavy atom. The summed E-state index contributed by atoms with van der Waals surface area (Å²) in [6.07, 6.45) is 1.77. The third-order valence-corrected chi connectivity index (χ3v) is 6.03. The maximum Gasteiger partial charge on any atom is 0.166 e. The summed E-state index contributed by atoms with van der Waals surface area (Å²) in [5.41, 5.74) is 1.31. The molecular formula is C15H14BrClFN3S. The fourth-order valence-electron chi connectivity index (χ4n) is 2.53. The van der Waals surface area contributed by atoms with Gasteiger partial charge in [-0.2, -0.15) is 4.37 Å². The normalized spacial score (nSPS) is 15.4. The van der Waals surface area contributed by atoms with Crippen LogP contribution in [0.5, 0.6) is 0 Å². The molecule has 7 heteroatoms. The highest BCUT2D eigenvalue weighted by atomic mass is 79.9. The van der Waals surface area contributed by atoms with Crippen LogP contribution in [0.4, 0.5) is 9.39 Å². The van der Waals surface area contributed by atoms with E-state index < -0.39 is 5.82 Å². The third kappa shape index (κ3) is 2.64. The van der Waals surface area contributed by atoms with Crippen LogP contribution < -0.4 is 4.90 Å². The lowest BCUT2D eigenvalue weighted by atomic mass is 10.2. The van der Waals surface area contributed by atoms with Gasteiger partial charge in [0.2, 0.25) is 0 Å². The highest BCUT2D eigenvalue weighted by Gasteiger charge is 2.23. The molecule has 116 valence electrons. The lowest BCUT2D eigenvalue weighted by molar-refractivity contribution is 0.332. The molecule has 0 radical (unpaired) electrons. The Bertz CT molecular complexity index is 753. The van der Waals surface area contributed by atoms with E-state index in [2.05, 4.69) is 43.3 Å². The maximum atomic E-state index is 14.2. The summed E-state index contributed by atoms with van der Waals surface area (Å²) in [6.45, 7) is 11.1. The number of nitrogens with zero attached hydrogens (tertiary/aromatic N) is 3. The van der Waals surface area contributed by atoms with Gasteiger partial charge in [-0.1, -0.05) is 24.8 Å². The monoisotopic (exact) mass is 401 g/mol. The minimum absolute atomic E-state index is 0.269. The molecule has 1 saturated heterocycles. The average Bonchev–Trinajstić information content (AvgIpc) is 2.96. The topological polar surface area (TPSA) is 19.4 Å². The molecule has 3 nitrogen and oxygen atoms in total. The quantitative estimate of drug-likeness (QED) is 0.549. The number of halogens is 3.